The molecular formula is C32H36ClFN2O3. The van der Waals surface area contributed by atoms with Crippen LogP contribution >= 0.6 is 11.6 Å². The van der Waals surface area contributed by atoms with E-state index in [1.165, 1.54) is 0 Å². The fourth-order valence-electron chi connectivity index (χ4n) is 5.02. The van der Waals surface area contributed by atoms with Gasteiger partial charge in [-0.1, -0.05) is 51.1 Å². The number of carbonyl (C=O) groups is 2. The molecule has 0 radical (unpaired) electrons. The lowest BCUT2D eigenvalue weighted by Crippen LogP contribution is -2.26. The van der Waals surface area contributed by atoms with Crippen LogP contribution in [0.1, 0.15) is 67.2 Å². The minimum absolute atomic E-state index is 0. The minimum Gasteiger partial charge on any atom is -0.481 e. The molecule has 0 saturated heterocycles. The highest BCUT2D eigenvalue weighted by molar-refractivity contribution is 6.30. The molecule has 7 heteroatoms. The molecule has 0 aliphatic carbocycles. The number of nitrogens with zero attached hydrogens (tertiary/aromatic N) is 1. The van der Waals surface area contributed by atoms with Gasteiger partial charge in [-0.2, -0.15) is 0 Å². The summed E-state index contributed by atoms with van der Waals surface area (Å²) in [4.78, 5) is 23.1. The molecule has 206 valence electrons. The average Bonchev–Trinajstić information content (AvgIpc) is 3.31. The summed E-state index contributed by atoms with van der Waals surface area (Å²) < 4.78 is 17.8. The fourth-order valence-corrected chi connectivity index (χ4v) is 5.24. The molecule has 1 amide bonds. The third-order valence-corrected chi connectivity index (χ3v) is 7.15. The zero-order valence-corrected chi connectivity index (χ0v) is 22.8. The Labute approximate surface area is 234 Å². The number of hydrogen-bond acceptors (Lipinski definition) is 2. The summed E-state index contributed by atoms with van der Waals surface area (Å²) in [5.41, 5.74) is 5.76. The smallest absolute Gasteiger partial charge is 0.305 e. The molecule has 0 aliphatic heterocycles. The second-order valence-electron chi connectivity index (χ2n) is 10.1. The number of benzene rings is 3. The lowest BCUT2D eigenvalue weighted by Gasteiger charge is -2.24. The zero-order valence-electron chi connectivity index (χ0n) is 22.0. The number of halogens is 2. The molecule has 1 aromatic heterocycles. The van der Waals surface area contributed by atoms with Crippen molar-refractivity contribution in [1.82, 2.24) is 9.88 Å². The number of nitrogens with one attached hydrogen (secondary N) is 1. The van der Waals surface area contributed by atoms with E-state index >= 15 is 4.39 Å². The second-order valence-corrected chi connectivity index (χ2v) is 10.6. The molecule has 39 heavy (non-hydrogen) atoms. The minimum atomic E-state index is -0.964. The standard InChI is InChI=1S/C31H32ClFN2O3.CH4/c1-18(2)15-28(21-5-7-22(8-6-21)31(38)34-13-11-29(36)37)35-14-12-25-20(4)26(17-27(33)30(25)35)24-10-9-23(32)16-19(24)3;/h5-10,12,14,16-18,28H,11,13,15H2,1-4H3,(H,34,38)(H,36,37);1H4. The van der Waals surface area contributed by atoms with Gasteiger partial charge in [-0.05, 0) is 90.4 Å². The highest BCUT2D eigenvalue weighted by Crippen LogP contribution is 2.38. The number of amides is 1. The first-order valence-corrected chi connectivity index (χ1v) is 13.1. The van der Waals surface area contributed by atoms with Crippen molar-refractivity contribution >= 4 is 34.4 Å². The molecule has 0 saturated carbocycles. The van der Waals surface area contributed by atoms with Crippen LogP contribution in [0, 0.1) is 25.6 Å². The molecule has 2 N–H and O–H groups in total. The normalized spacial score (nSPS) is 11.9. The monoisotopic (exact) mass is 550 g/mol. The van der Waals surface area contributed by atoms with E-state index in [0.717, 1.165) is 39.6 Å². The van der Waals surface area contributed by atoms with E-state index < -0.39 is 5.97 Å². The van der Waals surface area contributed by atoms with Crippen molar-refractivity contribution in [2.24, 2.45) is 5.92 Å². The average molecular weight is 551 g/mol. The Balaban J connectivity index is 0.00000420. The van der Waals surface area contributed by atoms with Crippen molar-refractivity contribution in [2.75, 3.05) is 6.54 Å². The summed E-state index contributed by atoms with van der Waals surface area (Å²) in [6.45, 7) is 8.32. The molecule has 5 nitrogen and oxygen atoms in total. The Morgan fingerprint density at radius 2 is 1.72 bits per heavy atom. The van der Waals surface area contributed by atoms with Gasteiger partial charge in [0, 0.05) is 28.7 Å². The molecule has 4 rings (SSSR count). The van der Waals surface area contributed by atoms with Crippen molar-refractivity contribution < 1.29 is 19.1 Å². The fraction of sp³-hybridized carbons (Fsp3) is 0.312. The van der Waals surface area contributed by atoms with E-state index in [1.807, 2.05) is 61.0 Å². The van der Waals surface area contributed by atoms with Gasteiger partial charge in [-0.3, -0.25) is 9.59 Å². The van der Waals surface area contributed by atoms with Crippen LogP contribution in [0.4, 0.5) is 4.39 Å². The molecular weight excluding hydrogens is 515 g/mol. The number of aliphatic carboxylic acids is 1. The van der Waals surface area contributed by atoms with Gasteiger partial charge in [-0.15, -0.1) is 0 Å². The van der Waals surface area contributed by atoms with E-state index in [-0.39, 0.29) is 38.2 Å². The molecule has 0 bridgehead atoms. The summed E-state index contributed by atoms with van der Waals surface area (Å²) in [6.07, 6.45) is 2.59. The predicted molar refractivity (Wildman–Crippen MR) is 157 cm³/mol. The van der Waals surface area contributed by atoms with Crippen LogP contribution in [-0.2, 0) is 4.79 Å². The van der Waals surface area contributed by atoms with Gasteiger partial charge in [0.15, 0.2) is 0 Å². The highest BCUT2D eigenvalue weighted by Gasteiger charge is 2.22. The molecule has 4 aromatic rings. The Hall–Kier alpha value is -3.64. The molecule has 0 spiro atoms. The van der Waals surface area contributed by atoms with Gasteiger partial charge >= 0.3 is 5.97 Å². The molecule has 0 fully saturated rings. The number of hydrogen-bond donors (Lipinski definition) is 2. The van der Waals surface area contributed by atoms with Crippen LogP contribution in [0.15, 0.2) is 60.8 Å². The Bertz CT molecular complexity index is 1490. The van der Waals surface area contributed by atoms with E-state index in [9.17, 15) is 9.59 Å². The molecule has 1 heterocycles. The zero-order chi connectivity index (χ0) is 27.6. The van der Waals surface area contributed by atoms with Crippen molar-refractivity contribution in [1.29, 1.82) is 0 Å². The van der Waals surface area contributed by atoms with E-state index in [4.69, 9.17) is 16.7 Å². The maximum absolute atomic E-state index is 15.8. The van der Waals surface area contributed by atoms with Gasteiger partial charge in [0.25, 0.3) is 5.91 Å². The Morgan fingerprint density at radius 3 is 2.33 bits per heavy atom. The van der Waals surface area contributed by atoms with Crippen LogP contribution in [0.2, 0.25) is 5.02 Å². The van der Waals surface area contributed by atoms with Gasteiger partial charge in [0.1, 0.15) is 5.82 Å². The quantitative estimate of drug-likeness (QED) is 0.221. The molecule has 0 aliphatic rings. The molecule has 3 aromatic carbocycles. The van der Waals surface area contributed by atoms with Gasteiger partial charge in [-0.25, -0.2) is 4.39 Å². The number of carbonyl (C=O) groups excluding carboxylic acids is 1. The summed E-state index contributed by atoms with van der Waals surface area (Å²) >= 11 is 6.15. The summed E-state index contributed by atoms with van der Waals surface area (Å²) in [5, 5.41) is 12.9. The maximum atomic E-state index is 15.8. The number of rotatable bonds is 9. The van der Waals surface area contributed by atoms with Crippen molar-refractivity contribution in [3.05, 3.63) is 93.9 Å². The Kier molecular flexibility index (Phi) is 9.57. The first-order valence-electron chi connectivity index (χ1n) is 12.7. The van der Waals surface area contributed by atoms with E-state index in [2.05, 4.69) is 19.2 Å². The lowest BCUT2D eigenvalue weighted by atomic mass is 9.93. The number of aryl methyl sites for hydroxylation is 2. The topological polar surface area (TPSA) is 71.3 Å². The summed E-state index contributed by atoms with van der Waals surface area (Å²) in [7, 11) is 0. The number of carboxylic acids is 1. The third-order valence-electron chi connectivity index (χ3n) is 6.91. The summed E-state index contributed by atoms with van der Waals surface area (Å²) in [6, 6.07) is 16.3. The van der Waals surface area contributed by atoms with Gasteiger partial charge in [0.2, 0.25) is 0 Å². The van der Waals surface area contributed by atoms with Crippen LogP contribution in [-0.4, -0.2) is 28.1 Å². The molecule has 1 atom stereocenters. The second kappa shape index (κ2) is 12.5. The van der Waals surface area contributed by atoms with Crippen LogP contribution in [0.3, 0.4) is 0 Å². The van der Waals surface area contributed by atoms with Crippen molar-refractivity contribution in [3.8, 4) is 11.1 Å². The lowest BCUT2D eigenvalue weighted by molar-refractivity contribution is -0.136. The third kappa shape index (κ3) is 6.51. The molecule has 1 unspecified atom stereocenters. The highest BCUT2D eigenvalue weighted by atomic mass is 35.5. The summed E-state index contributed by atoms with van der Waals surface area (Å²) in [5.74, 6) is -1.23. The van der Waals surface area contributed by atoms with Gasteiger partial charge < -0.3 is 15.0 Å². The Morgan fingerprint density at radius 1 is 1.03 bits per heavy atom. The number of fused-ring (bicyclic) bond motifs is 1. The van der Waals surface area contributed by atoms with Crippen LogP contribution in [0.25, 0.3) is 22.0 Å². The number of aromatic nitrogens is 1. The first-order chi connectivity index (χ1) is 18.1. The van der Waals surface area contributed by atoms with Crippen LogP contribution < -0.4 is 5.32 Å². The predicted octanol–water partition coefficient (Wildman–Crippen LogP) is 8.19. The largest absolute Gasteiger partial charge is 0.481 e. The van der Waals surface area contributed by atoms with E-state index in [1.54, 1.807) is 18.2 Å². The first kappa shape index (κ1) is 29.9. The number of carboxylic acid groups (broad SMARTS) is 1. The van der Waals surface area contributed by atoms with Crippen molar-refractivity contribution in [2.45, 2.75) is 54.0 Å². The van der Waals surface area contributed by atoms with Crippen molar-refractivity contribution in [3.63, 3.8) is 0 Å². The van der Waals surface area contributed by atoms with Gasteiger partial charge in [0.05, 0.1) is 18.0 Å². The maximum Gasteiger partial charge on any atom is 0.305 e. The van der Waals surface area contributed by atoms with Crippen LogP contribution in [0.5, 0.6) is 0 Å². The SMILES string of the molecule is C.Cc1cc(Cl)ccc1-c1cc(F)c2c(ccn2C(CC(C)C)c2ccc(C(=O)NCCC(=O)O)cc2)c1C. The van der Waals surface area contributed by atoms with E-state index in [0.29, 0.717) is 22.0 Å².